The summed E-state index contributed by atoms with van der Waals surface area (Å²) in [6.45, 7) is 0. The smallest absolute Gasteiger partial charge is 0.0890 e. The van der Waals surface area contributed by atoms with E-state index in [1.54, 1.807) is 12.4 Å². The molecule has 2 aromatic carbocycles. The molecule has 1 aromatic heterocycles. The van der Waals surface area contributed by atoms with Crippen molar-refractivity contribution in [3.05, 3.63) is 71.0 Å². The topological polar surface area (TPSA) is 51.8 Å². The van der Waals surface area contributed by atoms with Crippen molar-refractivity contribution in [3.63, 3.8) is 0 Å². The Morgan fingerprint density at radius 1 is 1.00 bits per heavy atom. The lowest BCUT2D eigenvalue weighted by molar-refractivity contribution is 0.723. The summed E-state index contributed by atoms with van der Waals surface area (Å²) in [5.41, 5.74) is 10.2. The third kappa shape index (κ3) is 2.79. The molecule has 0 amide bonds. The molecule has 4 heteroatoms. The van der Waals surface area contributed by atoms with Gasteiger partial charge in [-0.3, -0.25) is 9.97 Å². The average molecular weight is 284 g/mol. The van der Waals surface area contributed by atoms with E-state index in [1.165, 1.54) is 0 Å². The molecule has 0 aliphatic rings. The molecule has 3 aromatic rings. The maximum absolute atomic E-state index is 6.28. The van der Waals surface area contributed by atoms with Gasteiger partial charge < -0.3 is 5.73 Å². The van der Waals surface area contributed by atoms with Crippen molar-refractivity contribution in [2.24, 2.45) is 5.73 Å². The van der Waals surface area contributed by atoms with Gasteiger partial charge in [0.05, 0.1) is 11.0 Å². The van der Waals surface area contributed by atoms with Gasteiger partial charge in [0.25, 0.3) is 0 Å². The second kappa shape index (κ2) is 5.57. The molecule has 100 valence electrons. The number of aromatic nitrogens is 2. The zero-order valence-electron chi connectivity index (χ0n) is 10.8. The van der Waals surface area contributed by atoms with E-state index in [2.05, 4.69) is 9.97 Å². The first-order valence-corrected chi connectivity index (χ1v) is 6.81. The van der Waals surface area contributed by atoms with Crippen molar-refractivity contribution in [1.29, 1.82) is 0 Å². The Morgan fingerprint density at radius 2 is 1.80 bits per heavy atom. The quantitative estimate of drug-likeness (QED) is 0.800. The summed E-state index contributed by atoms with van der Waals surface area (Å²) in [4.78, 5) is 8.56. The number of hydrogen-bond donors (Lipinski definition) is 1. The van der Waals surface area contributed by atoms with Gasteiger partial charge in [0.1, 0.15) is 0 Å². The Labute approximate surface area is 122 Å². The van der Waals surface area contributed by atoms with Gasteiger partial charge in [-0.25, -0.2) is 0 Å². The van der Waals surface area contributed by atoms with Gasteiger partial charge in [-0.2, -0.15) is 0 Å². The van der Waals surface area contributed by atoms with Gasteiger partial charge in [-0.1, -0.05) is 29.8 Å². The minimum absolute atomic E-state index is 0.0835. The van der Waals surface area contributed by atoms with Crippen molar-refractivity contribution in [3.8, 4) is 0 Å². The fraction of sp³-hybridized carbons (Fsp3) is 0.125. The van der Waals surface area contributed by atoms with Crippen LogP contribution < -0.4 is 5.73 Å². The average Bonchev–Trinajstić information content (AvgIpc) is 2.47. The van der Waals surface area contributed by atoms with Gasteiger partial charge in [0.15, 0.2) is 0 Å². The molecule has 1 heterocycles. The Bertz CT molecular complexity index is 742. The molecule has 0 aliphatic carbocycles. The van der Waals surface area contributed by atoms with E-state index >= 15 is 0 Å². The molecule has 1 atom stereocenters. The highest BCUT2D eigenvalue weighted by Crippen LogP contribution is 2.21. The van der Waals surface area contributed by atoms with Crippen LogP contribution in [-0.4, -0.2) is 9.97 Å². The normalized spacial score (nSPS) is 12.5. The third-order valence-corrected chi connectivity index (χ3v) is 3.50. The van der Waals surface area contributed by atoms with E-state index < -0.39 is 0 Å². The van der Waals surface area contributed by atoms with E-state index in [1.807, 2.05) is 42.5 Å². The van der Waals surface area contributed by atoms with Crippen LogP contribution in [0.4, 0.5) is 0 Å². The molecule has 20 heavy (non-hydrogen) atoms. The van der Waals surface area contributed by atoms with Crippen molar-refractivity contribution in [2.45, 2.75) is 12.5 Å². The summed E-state index contributed by atoms with van der Waals surface area (Å²) < 4.78 is 0. The SMILES string of the molecule is NC(Cc1cccc(Cl)c1)c1ccc2nccnc2c1. The molecular formula is C16H14ClN3. The largest absolute Gasteiger partial charge is 0.324 e. The molecule has 0 bridgehead atoms. The van der Waals surface area contributed by atoms with Gasteiger partial charge in [0.2, 0.25) is 0 Å². The molecule has 1 unspecified atom stereocenters. The van der Waals surface area contributed by atoms with E-state index in [4.69, 9.17) is 17.3 Å². The van der Waals surface area contributed by atoms with Crippen molar-refractivity contribution in [2.75, 3.05) is 0 Å². The first-order chi connectivity index (χ1) is 9.72. The van der Waals surface area contributed by atoms with E-state index in [0.29, 0.717) is 0 Å². The summed E-state index contributed by atoms with van der Waals surface area (Å²) in [5.74, 6) is 0. The van der Waals surface area contributed by atoms with Gasteiger partial charge in [-0.15, -0.1) is 0 Å². The van der Waals surface area contributed by atoms with Crippen LogP contribution in [0.15, 0.2) is 54.9 Å². The Balaban J connectivity index is 1.86. The van der Waals surface area contributed by atoms with Crippen LogP contribution >= 0.6 is 11.6 Å². The molecule has 0 fully saturated rings. The van der Waals surface area contributed by atoms with Crippen LogP contribution in [0.2, 0.25) is 5.02 Å². The Kier molecular flexibility index (Phi) is 3.63. The van der Waals surface area contributed by atoms with E-state index in [9.17, 15) is 0 Å². The van der Waals surface area contributed by atoms with Crippen molar-refractivity contribution in [1.82, 2.24) is 9.97 Å². The summed E-state index contributed by atoms with van der Waals surface area (Å²) >= 11 is 5.99. The molecule has 3 rings (SSSR count). The summed E-state index contributed by atoms with van der Waals surface area (Å²) in [7, 11) is 0. The van der Waals surface area contributed by atoms with Gasteiger partial charge in [-0.05, 0) is 41.8 Å². The highest BCUT2D eigenvalue weighted by atomic mass is 35.5. The fourth-order valence-electron chi connectivity index (χ4n) is 2.25. The number of nitrogens with zero attached hydrogens (tertiary/aromatic N) is 2. The van der Waals surface area contributed by atoms with Crippen LogP contribution in [0, 0.1) is 0 Å². The summed E-state index contributed by atoms with van der Waals surface area (Å²) in [6, 6.07) is 13.7. The lowest BCUT2D eigenvalue weighted by Gasteiger charge is -2.13. The Hall–Kier alpha value is -1.97. The molecule has 3 nitrogen and oxygen atoms in total. The number of rotatable bonds is 3. The number of halogens is 1. The van der Waals surface area contributed by atoms with Crippen LogP contribution in [0.3, 0.4) is 0 Å². The minimum Gasteiger partial charge on any atom is -0.324 e. The summed E-state index contributed by atoms with van der Waals surface area (Å²) in [6.07, 6.45) is 4.12. The monoisotopic (exact) mass is 283 g/mol. The van der Waals surface area contributed by atoms with E-state index in [0.717, 1.165) is 33.6 Å². The van der Waals surface area contributed by atoms with Gasteiger partial charge >= 0.3 is 0 Å². The van der Waals surface area contributed by atoms with Crippen molar-refractivity contribution >= 4 is 22.6 Å². The molecule has 2 N–H and O–H groups in total. The number of benzene rings is 2. The number of hydrogen-bond acceptors (Lipinski definition) is 3. The highest BCUT2D eigenvalue weighted by molar-refractivity contribution is 6.30. The lowest BCUT2D eigenvalue weighted by Crippen LogP contribution is -2.13. The maximum Gasteiger partial charge on any atom is 0.0890 e. The Morgan fingerprint density at radius 3 is 2.60 bits per heavy atom. The third-order valence-electron chi connectivity index (χ3n) is 3.27. The van der Waals surface area contributed by atoms with Crippen LogP contribution in [0.25, 0.3) is 11.0 Å². The van der Waals surface area contributed by atoms with Crippen LogP contribution in [0.5, 0.6) is 0 Å². The first-order valence-electron chi connectivity index (χ1n) is 6.43. The molecule has 0 radical (unpaired) electrons. The highest BCUT2D eigenvalue weighted by Gasteiger charge is 2.09. The van der Waals surface area contributed by atoms with Gasteiger partial charge in [0, 0.05) is 23.5 Å². The first kappa shape index (κ1) is 13.0. The minimum atomic E-state index is -0.0835. The zero-order chi connectivity index (χ0) is 13.9. The molecule has 0 spiro atoms. The zero-order valence-corrected chi connectivity index (χ0v) is 11.6. The second-order valence-electron chi connectivity index (χ2n) is 4.75. The molecular weight excluding hydrogens is 270 g/mol. The molecule has 0 saturated heterocycles. The van der Waals surface area contributed by atoms with Crippen LogP contribution in [0.1, 0.15) is 17.2 Å². The predicted octanol–water partition coefficient (Wildman–Crippen LogP) is 3.53. The second-order valence-corrected chi connectivity index (χ2v) is 5.18. The standard InChI is InChI=1S/C16H14ClN3/c17-13-3-1-2-11(8-13)9-14(18)12-4-5-15-16(10-12)20-7-6-19-15/h1-8,10,14H,9,18H2. The number of fused-ring (bicyclic) bond motifs is 1. The van der Waals surface area contributed by atoms with Crippen molar-refractivity contribution < 1.29 is 0 Å². The fourth-order valence-corrected chi connectivity index (χ4v) is 2.46. The van der Waals surface area contributed by atoms with Crippen LogP contribution in [-0.2, 0) is 6.42 Å². The summed E-state index contributed by atoms with van der Waals surface area (Å²) in [5, 5.41) is 0.735. The maximum atomic E-state index is 6.28. The molecule has 0 saturated carbocycles. The predicted molar refractivity (Wildman–Crippen MR) is 81.6 cm³/mol. The molecule has 0 aliphatic heterocycles. The lowest BCUT2D eigenvalue weighted by atomic mass is 9.99. The van der Waals surface area contributed by atoms with E-state index in [-0.39, 0.29) is 6.04 Å². The number of nitrogens with two attached hydrogens (primary N) is 1.